The third-order valence-electron chi connectivity index (χ3n) is 6.61. The molecule has 234 valence electrons. The number of likely N-dealkylation sites (N-methyl/N-ethyl adjacent to an activating group) is 1. The van der Waals surface area contributed by atoms with Crippen LogP contribution in [0.15, 0.2) is 77.8 Å². The lowest BCUT2D eigenvalue weighted by Gasteiger charge is -2.20. The summed E-state index contributed by atoms with van der Waals surface area (Å²) in [6, 6.07) is 22.2. The molecular weight excluding hydrogens is 590 g/mol. The predicted molar refractivity (Wildman–Crippen MR) is 169 cm³/mol. The first-order chi connectivity index (χ1) is 22.0. The second kappa shape index (κ2) is 13.3. The Bertz CT molecular complexity index is 1850. The van der Waals surface area contributed by atoms with Crippen LogP contribution in [0.4, 0.5) is 11.5 Å². The Morgan fingerprint density at radius 1 is 1.07 bits per heavy atom. The number of carbonyl (C=O) groups excluding carboxylic acids is 1. The zero-order valence-electron chi connectivity index (χ0n) is 25.7. The molecule has 4 aromatic rings. The van der Waals surface area contributed by atoms with Crippen LogP contribution in [0.3, 0.4) is 0 Å². The summed E-state index contributed by atoms with van der Waals surface area (Å²) in [5, 5.41) is 25.0. The molecule has 0 fully saturated rings. The molecule has 0 saturated heterocycles. The Morgan fingerprint density at radius 2 is 1.85 bits per heavy atom. The van der Waals surface area contributed by atoms with E-state index in [4.69, 9.17) is 14.2 Å². The lowest BCUT2D eigenvalue weighted by atomic mass is 10.1. The summed E-state index contributed by atoms with van der Waals surface area (Å²) in [6.07, 6.45) is 0. The summed E-state index contributed by atoms with van der Waals surface area (Å²) in [5.41, 5.74) is 0.298. The fourth-order valence-electron chi connectivity index (χ4n) is 4.53. The molecule has 0 aliphatic carbocycles. The maximum Gasteiger partial charge on any atom is 0.373 e. The fraction of sp³-hybridized carbons (Fsp3) is 0.242. The van der Waals surface area contributed by atoms with Crippen molar-refractivity contribution in [3.8, 4) is 29.5 Å². The van der Waals surface area contributed by atoms with Gasteiger partial charge in [0.05, 0.1) is 23.1 Å². The van der Waals surface area contributed by atoms with Gasteiger partial charge in [-0.05, 0) is 56.7 Å². The van der Waals surface area contributed by atoms with Crippen molar-refractivity contribution in [2.75, 3.05) is 25.5 Å². The van der Waals surface area contributed by atoms with E-state index in [2.05, 4.69) is 20.3 Å². The van der Waals surface area contributed by atoms with Gasteiger partial charge in [0, 0.05) is 25.7 Å². The van der Waals surface area contributed by atoms with Crippen LogP contribution in [0.25, 0.3) is 0 Å². The lowest BCUT2D eigenvalue weighted by molar-refractivity contribution is -0.385. The molecule has 0 spiro atoms. The lowest BCUT2D eigenvalue weighted by Crippen LogP contribution is -2.24. The Morgan fingerprint density at radius 3 is 2.52 bits per heavy atom. The number of nitriles is 1. The Hall–Kier alpha value is -6.03. The molecule has 0 unspecified atom stereocenters. The van der Waals surface area contributed by atoms with Crippen molar-refractivity contribution in [1.82, 2.24) is 14.9 Å². The molecule has 5 rings (SSSR count). The van der Waals surface area contributed by atoms with Gasteiger partial charge in [-0.15, -0.1) is 0 Å². The molecule has 1 aliphatic heterocycles. The number of amidine groups is 1. The average Bonchev–Trinajstić information content (AvgIpc) is 3.45. The number of anilines is 1. The van der Waals surface area contributed by atoms with Gasteiger partial charge in [0.2, 0.25) is 5.82 Å². The first-order valence-corrected chi connectivity index (χ1v) is 14.3. The van der Waals surface area contributed by atoms with Crippen LogP contribution in [-0.2, 0) is 11.3 Å². The number of rotatable bonds is 10. The summed E-state index contributed by atoms with van der Waals surface area (Å²) in [6.45, 7) is 6.76. The topological polar surface area (TPSA) is 165 Å². The van der Waals surface area contributed by atoms with Gasteiger partial charge in [0.15, 0.2) is 0 Å². The first-order valence-electron chi connectivity index (χ1n) is 14.3. The van der Waals surface area contributed by atoms with Gasteiger partial charge in [0.25, 0.3) is 0 Å². The van der Waals surface area contributed by atoms with E-state index in [1.54, 1.807) is 39.0 Å². The molecule has 3 aromatic carbocycles. The van der Waals surface area contributed by atoms with Gasteiger partial charge >= 0.3 is 23.5 Å². The Labute approximate surface area is 265 Å². The molecule has 46 heavy (non-hydrogen) atoms. The standard InChI is InChI=1S/C33H31N7O6/c1-33(2,3)46-31(41)25-14-13-22(19-34)17-26(25)45-30-27(40(42)43)28(36-20-21-9-6-5-7-10-21)37-32(38-30)44-24-12-8-11-23(18-24)29-35-15-16-39(29)4/h5-14,17-18H,15-16,20H2,1-4H3,(H,36,37,38). The molecule has 13 heteroatoms. The molecule has 0 radical (unpaired) electrons. The smallest absolute Gasteiger partial charge is 0.373 e. The van der Waals surface area contributed by atoms with Crippen LogP contribution < -0.4 is 14.8 Å². The SMILES string of the molecule is CN1CCN=C1c1cccc(Oc2nc(NCc3ccccc3)c([N+](=O)[O-])c(Oc3cc(C#N)ccc3C(=O)OC(C)(C)C)n2)c1. The summed E-state index contributed by atoms with van der Waals surface area (Å²) >= 11 is 0. The normalized spacial score (nSPS) is 12.6. The van der Waals surface area contributed by atoms with Crippen LogP contribution >= 0.6 is 0 Å². The van der Waals surface area contributed by atoms with Crippen molar-refractivity contribution in [2.24, 2.45) is 4.99 Å². The first kappa shape index (κ1) is 31.4. The van der Waals surface area contributed by atoms with E-state index in [-0.39, 0.29) is 35.2 Å². The van der Waals surface area contributed by atoms with Crippen molar-refractivity contribution in [2.45, 2.75) is 32.9 Å². The Kier molecular flexibility index (Phi) is 9.08. The zero-order valence-corrected chi connectivity index (χ0v) is 25.7. The number of carbonyl (C=O) groups is 1. The molecular formula is C33H31N7O6. The molecule has 0 saturated carbocycles. The van der Waals surface area contributed by atoms with E-state index in [0.717, 1.165) is 23.5 Å². The van der Waals surface area contributed by atoms with Gasteiger partial charge in [0.1, 0.15) is 28.5 Å². The minimum atomic E-state index is -0.841. The number of nitrogens with zero attached hydrogens (tertiary/aromatic N) is 6. The van der Waals surface area contributed by atoms with Crippen molar-refractivity contribution in [3.05, 3.63) is 105 Å². The molecule has 1 aromatic heterocycles. The minimum Gasteiger partial charge on any atom is -0.456 e. The van der Waals surface area contributed by atoms with Crippen LogP contribution in [-0.4, -0.2) is 57.3 Å². The van der Waals surface area contributed by atoms with Crippen LogP contribution in [0, 0.1) is 21.4 Å². The summed E-state index contributed by atoms with van der Waals surface area (Å²) in [4.78, 5) is 40.0. The van der Waals surface area contributed by atoms with Gasteiger partial charge < -0.3 is 24.4 Å². The highest BCUT2D eigenvalue weighted by molar-refractivity contribution is 6.00. The van der Waals surface area contributed by atoms with Crippen molar-refractivity contribution in [3.63, 3.8) is 0 Å². The summed E-state index contributed by atoms with van der Waals surface area (Å²) in [5.74, 6) is -0.452. The second-order valence-corrected chi connectivity index (χ2v) is 11.3. The number of hydrogen-bond donors (Lipinski definition) is 1. The third-order valence-corrected chi connectivity index (χ3v) is 6.61. The maximum absolute atomic E-state index is 13.1. The van der Waals surface area contributed by atoms with E-state index in [0.29, 0.717) is 12.3 Å². The van der Waals surface area contributed by atoms with Crippen molar-refractivity contribution >= 4 is 23.3 Å². The highest BCUT2D eigenvalue weighted by Gasteiger charge is 2.30. The molecule has 1 aliphatic rings. The number of benzene rings is 3. The number of nitrogens with one attached hydrogen (secondary N) is 1. The molecule has 0 atom stereocenters. The van der Waals surface area contributed by atoms with E-state index in [1.165, 1.54) is 18.2 Å². The van der Waals surface area contributed by atoms with E-state index < -0.39 is 28.1 Å². The molecule has 0 amide bonds. The third kappa shape index (κ3) is 7.54. The largest absolute Gasteiger partial charge is 0.456 e. The zero-order chi connectivity index (χ0) is 32.8. The summed E-state index contributed by atoms with van der Waals surface area (Å²) < 4.78 is 17.5. The molecule has 13 nitrogen and oxygen atoms in total. The molecule has 2 heterocycles. The quantitative estimate of drug-likeness (QED) is 0.123. The predicted octanol–water partition coefficient (Wildman–Crippen LogP) is 6.10. The van der Waals surface area contributed by atoms with E-state index in [1.807, 2.05) is 54.4 Å². The van der Waals surface area contributed by atoms with Crippen LogP contribution in [0.1, 0.15) is 47.8 Å². The number of hydrogen-bond acceptors (Lipinski definition) is 12. The molecule has 1 N–H and O–H groups in total. The van der Waals surface area contributed by atoms with E-state index in [9.17, 15) is 20.2 Å². The maximum atomic E-state index is 13.1. The van der Waals surface area contributed by atoms with Crippen LogP contribution in [0.2, 0.25) is 0 Å². The van der Waals surface area contributed by atoms with E-state index >= 15 is 0 Å². The van der Waals surface area contributed by atoms with Crippen molar-refractivity contribution < 1.29 is 23.9 Å². The number of ether oxygens (including phenoxy) is 3. The minimum absolute atomic E-state index is 0.0581. The second-order valence-electron chi connectivity index (χ2n) is 11.3. The van der Waals surface area contributed by atoms with Crippen molar-refractivity contribution in [1.29, 1.82) is 5.26 Å². The molecule has 0 bridgehead atoms. The number of aliphatic imine (C=N–C) groups is 1. The monoisotopic (exact) mass is 621 g/mol. The van der Waals surface area contributed by atoms with Crippen LogP contribution in [0.5, 0.6) is 23.4 Å². The average molecular weight is 622 g/mol. The number of aromatic nitrogens is 2. The highest BCUT2D eigenvalue weighted by Crippen LogP contribution is 2.39. The number of esters is 1. The van der Waals surface area contributed by atoms with Gasteiger partial charge in [-0.25, -0.2) is 4.79 Å². The number of nitro groups is 1. The fourth-order valence-corrected chi connectivity index (χ4v) is 4.53. The van der Waals surface area contributed by atoms with Gasteiger partial charge in [-0.1, -0.05) is 42.5 Å². The Balaban J connectivity index is 1.58. The van der Waals surface area contributed by atoms with Gasteiger partial charge in [-0.2, -0.15) is 15.2 Å². The highest BCUT2D eigenvalue weighted by atomic mass is 16.6. The van der Waals surface area contributed by atoms with Gasteiger partial charge in [-0.3, -0.25) is 15.1 Å². The summed E-state index contributed by atoms with van der Waals surface area (Å²) in [7, 11) is 1.94.